The molecule has 0 atom stereocenters. The lowest BCUT2D eigenvalue weighted by Crippen LogP contribution is -2.54. The zero-order valence-corrected chi connectivity index (χ0v) is 13.7. The summed E-state index contributed by atoms with van der Waals surface area (Å²) in [7, 11) is 1.80. The van der Waals surface area contributed by atoms with E-state index in [0.29, 0.717) is 5.41 Å². The molecule has 2 nitrogen and oxygen atoms in total. The predicted octanol–water partition coefficient (Wildman–Crippen LogP) is 4.29. The third-order valence-electron chi connectivity index (χ3n) is 5.91. The minimum absolute atomic E-state index is 0.279. The fourth-order valence-corrected chi connectivity index (χ4v) is 4.25. The van der Waals surface area contributed by atoms with Crippen LogP contribution in [0.3, 0.4) is 0 Å². The highest BCUT2D eigenvalue weighted by molar-refractivity contribution is 5.43. The van der Waals surface area contributed by atoms with Gasteiger partial charge in [-0.05, 0) is 37.2 Å². The Morgan fingerprint density at radius 1 is 1.14 bits per heavy atom. The number of para-hydroxylation sites is 1. The minimum Gasteiger partial charge on any atom is -0.496 e. The van der Waals surface area contributed by atoms with Crippen LogP contribution in [-0.4, -0.2) is 19.7 Å². The number of hydrogen-bond acceptors (Lipinski definition) is 2. The van der Waals surface area contributed by atoms with Gasteiger partial charge in [0.15, 0.2) is 0 Å². The maximum absolute atomic E-state index is 5.66. The molecule has 0 saturated heterocycles. The minimum atomic E-state index is 0.279. The third-order valence-corrected chi connectivity index (χ3v) is 5.91. The molecule has 2 heteroatoms. The monoisotopic (exact) mass is 287 g/mol. The van der Waals surface area contributed by atoms with E-state index in [-0.39, 0.29) is 5.41 Å². The van der Waals surface area contributed by atoms with E-state index >= 15 is 0 Å². The predicted molar refractivity (Wildman–Crippen MR) is 87.9 cm³/mol. The van der Waals surface area contributed by atoms with Crippen molar-refractivity contribution >= 4 is 0 Å². The molecule has 1 aromatic rings. The van der Waals surface area contributed by atoms with Gasteiger partial charge in [-0.2, -0.15) is 0 Å². The summed E-state index contributed by atoms with van der Waals surface area (Å²) >= 11 is 0. The van der Waals surface area contributed by atoms with Crippen molar-refractivity contribution in [3.05, 3.63) is 29.8 Å². The van der Waals surface area contributed by atoms with Crippen LogP contribution in [0.5, 0.6) is 5.75 Å². The molecule has 0 radical (unpaired) electrons. The molecule has 0 aliphatic heterocycles. The molecule has 21 heavy (non-hydrogen) atoms. The smallest absolute Gasteiger partial charge is 0.122 e. The van der Waals surface area contributed by atoms with Gasteiger partial charge in [-0.15, -0.1) is 0 Å². The molecule has 0 aromatic heterocycles. The molecular formula is C19H29NO. The molecule has 0 amide bonds. The second kappa shape index (κ2) is 5.64. The van der Waals surface area contributed by atoms with Gasteiger partial charge in [-0.3, -0.25) is 0 Å². The van der Waals surface area contributed by atoms with Gasteiger partial charge in [-0.1, -0.05) is 44.9 Å². The van der Waals surface area contributed by atoms with Crippen LogP contribution in [0.25, 0.3) is 0 Å². The Morgan fingerprint density at radius 2 is 1.81 bits per heavy atom. The summed E-state index contributed by atoms with van der Waals surface area (Å²) < 4.78 is 5.66. The van der Waals surface area contributed by atoms with Gasteiger partial charge in [0.25, 0.3) is 0 Å². The third kappa shape index (κ3) is 2.70. The van der Waals surface area contributed by atoms with Crippen molar-refractivity contribution < 1.29 is 4.74 Å². The molecule has 116 valence electrons. The maximum Gasteiger partial charge on any atom is 0.122 e. The zero-order chi connectivity index (χ0) is 14.9. The quantitative estimate of drug-likeness (QED) is 0.808. The molecule has 2 saturated carbocycles. The molecular weight excluding hydrogens is 258 g/mol. The largest absolute Gasteiger partial charge is 0.496 e. The van der Waals surface area contributed by atoms with Gasteiger partial charge >= 0.3 is 0 Å². The Morgan fingerprint density at radius 3 is 2.38 bits per heavy atom. The van der Waals surface area contributed by atoms with Crippen molar-refractivity contribution in [2.24, 2.45) is 5.41 Å². The number of methoxy groups -OCH3 is 1. The molecule has 0 spiro atoms. The van der Waals surface area contributed by atoms with Gasteiger partial charge in [0.05, 0.1) is 7.11 Å². The summed E-state index contributed by atoms with van der Waals surface area (Å²) in [6, 6.07) is 9.41. The number of ether oxygens (including phenoxy) is 1. The van der Waals surface area contributed by atoms with Crippen LogP contribution in [-0.2, 0) is 5.41 Å². The van der Waals surface area contributed by atoms with Crippen molar-refractivity contribution in [1.29, 1.82) is 0 Å². The lowest BCUT2D eigenvalue weighted by atomic mass is 9.48. The van der Waals surface area contributed by atoms with Crippen LogP contribution in [0.1, 0.15) is 57.9 Å². The lowest BCUT2D eigenvalue weighted by Gasteiger charge is -2.57. The molecule has 2 aliphatic rings. The number of rotatable bonds is 7. The Balaban J connectivity index is 1.86. The molecule has 0 bridgehead atoms. The molecule has 3 rings (SSSR count). The summed E-state index contributed by atoms with van der Waals surface area (Å²) in [6.07, 6.45) is 7.90. The van der Waals surface area contributed by atoms with Crippen molar-refractivity contribution in [1.82, 2.24) is 5.32 Å². The van der Waals surface area contributed by atoms with Crippen LogP contribution < -0.4 is 10.1 Å². The number of nitrogens with one attached hydrogen (secondary N) is 1. The fourth-order valence-electron chi connectivity index (χ4n) is 4.25. The molecule has 0 unspecified atom stereocenters. The highest BCUT2D eigenvalue weighted by Crippen LogP contribution is 2.60. The fraction of sp³-hybridized carbons (Fsp3) is 0.684. The van der Waals surface area contributed by atoms with E-state index in [1.54, 1.807) is 7.11 Å². The normalized spacial score (nSPS) is 22.6. The summed E-state index contributed by atoms with van der Waals surface area (Å²) in [5.41, 5.74) is 2.24. The first kappa shape index (κ1) is 14.9. The van der Waals surface area contributed by atoms with Crippen LogP contribution in [0, 0.1) is 5.41 Å². The van der Waals surface area contributed by atoms with Crippen LogP contribution in [0.15, 0.2) is 24.3 Å². The van der Waals surface area contributed by atoms with E-state index in [1.165, 1.54) is 44.1 Å². The number of benzene rings is 1. The highest BCUT2D eigenvalue weighted by atomic mass is 16.5. The van der Waals surface area contributed by atoms with Gasteiger partial charge in [0.2, 0.25) is 0 Å². The van der Waals surface area contributed by atoms with Crippen molar-refractivity contribution in [3.8, 4) is 5.75 Å². The second-order valence-electron chi connectivity index (χ2n) is 7.20. The number of hydrogen-bond donors (Lipinski definition) is 1. The first-order valence-electron chi connectivity index (χ1n) is 8.54. The van der Waals surface area contributed by atoms with Gasteiger partial charge in [-0.25, -0.2) is 0 Å². The van der Waals surface area contributed by atoms with Gasteiger partial charge < -0.3 is 10.1 Å². The van der Waals surface area contributed by atoms with Crippen LogP contribution in [0.2, 0.25) is 0 Å². The van der Waals surface area contributed by atoms with Crippen LogP contribution >= 0.6 is 0 Å². The first-order chi connectivity index (χ1) is 10.2. The van der Waals surface area contributed by atoms with Crippen LogP contribution in [0.4, 0.5) is 0 Å². The Kier molecular flexibility index (Phi) is 4.00. The molecule has 2 aliphatic carbocycles. The van der Waals surface area contributed by atoms with Crippen molar-refractivity contribution in [3.63, 3.8) is 0 Å². The summed E-state index contributed by atoms with van der Waals surface area (Å²) in [5.74, 6) is 1.07. The van der Waals surface area contributed by atoms with E-state index in [9.17, 15) is 0 Å². The summed E-state index contributed by atoms with van der Waals surface area (Å²) in [4.78, 5) is 0. The zero-order valence-electron chi connectivity index (χ0n) is 13.7. The Labute approximate surface area is 129 Å². The van der Waals surface area contributed by atoms with Gasteiger partial charge in [0.1, 0.15) is 5.75 Å². The topological polar surface area (TPSA) is 21.3 Å². The van der Waals surface area contributed by atoms with Crippen molar-refractivity contribution in [2.75, 3.05) is 13.7 Å². The van der Waals surface area contributed by atoms with E-state index in [1.807, 2.05) is 0 Å². The van der Waals surface area contributed by atoms with E-state index in [4.69, 9.17) is 4.74 Å². The molecule has 2 fully saturated rings. The average Bonchev–Trinajstić information content (AvgIpc) is 3.31. The lowest BCUT2D eigenvalue weighted by molar-refractivity contribution is 0.0113. The molecule has 1 aromatic carbocycles. The average molecular weight is 287 g/mol. The first-order valence-corrected chi connectivity index (χ1v) is 8.54. The Hall–Kier alpha value is -1.02. The highest BCUT2D eigenvalue weighted by Gasteiger charge is 2.54. The standard InChI is InChI=1S/C19H29NO/c1-4-18(5-2)12-19(13-18,14-20-15-10-11-15)16-8-6-7-9-17(16)21-3/h6-9,15,20H,4-5,10-14H2,1-3H3. The summed E-state index contributed by atoms with van der Waals surface area (Å²) in [6.45, 7) is 5.81. The molecule has 1 N–H and O–H groups in total. The molecule has 0 heterocycles. The summed E-state index contributed by atoms with van der Waals surface area (Å²) in [5, 5.41) is 3.78. The van der Waals surface area contributed by atoms with Gasteiger partial charge in [0, 0.05) is 23.6 Å². The second-order valence-corrected chi connectivity index (χ2v) is 7.20. The van der Waals surface area contributed by atoms with E-state index in [2.05, 4.69) is 43.4 Å². The Bertz CT molecular complexity index is 480. The van der Waals surface area contributed by atoms with E-state index < -0.39 is 0 Å². The van der Waals surface area contributed by atoms with Crippen molar-refractivity contribution in [2.45, 2.75) is 63.8 Å². The SMILES string of the molecule is CCC1(CC)CC(CNC2CC2)(c2ccccc2OC)C1. The van der Waals surface area contributed by atoms with E-state index in [0.717, 1.165) is 18.3 Å². The maximum atomic E-state index is 5.66.